The van der Waals surface area contributed by atoms with Crippen molar-refractivity contribution in [3.63, 3.8) is 0 Å². The lowest BCUT2D eigenvalue weighted by Gasteiger charge is -2.11. The van der Waals surface area contributed by atoms with Crippen LogP contribution in [0.3, 0.4) is 0 Å². The van der Waals surface area contributed by atoms with Crippen molar-refractivity contribution >= 4 is 17.9 Å². The van der Waals surface area contributed by atoms with Crippen LogP contribution in [0.2, 0.25) is 0 Å². The molecule has 0 aliphatic rings. The lowest BCUT2D eigenvalue weighted by molar-refractivity contribution is -0.144. The van der Waals surface area contributed by atoms with Crippen molar-refractivity contribution in [1.29, 1.82) is 0 Å². The lowest BCUT2D eigenvalue weighted by Crippen LogP contribution is -2.15. The Morgan fingerprint density at radius 2 is 1.59 bits per heavy atom. The van der Waals surface area contributed by atoms with Crippen molar-refractivity contribution in [3.05, 3.63) is 11.1 Å². The second kappa shape index (κ2) is 11.7. The van der Waals surface area contributed by atoms with Gasteiger partial charge in [-0.15, -0.1) is 0 Å². The average Bonchev–Trinajstić information content (AvgIpc) is 2.43. The van der Waals surface area contributed by atoms with E-state index in [1.165, 1.54) is 0 Å². The first-order valence-corrected chi connectivity index (χ1v) is 7.31. The van der Waals surface area contributed by atoms with Crippen LogP contribution in [0.25, 0.3) is 0 Å². The van der Waals surface area contributed by atoms with Gasteiger partial charge >= 0.3 is 17.9 Å². The Bertz CT molecular complexity index is 412. The first kappa shape index (κ1) is 20.1. The van der Waals surface area contributed by atoms with E-state index in [4.69, 9.17) is 19.7 Å². The van der Waals surface area contributed by atoms with E-state index in [2.05, 4.69) is 0 Å². The number of carbonyl (C=O) groups is 3. The molecule has 0 bridgehead atoms. The zero-order valence-electron chi connectivity index (χ0n) is 13.1. The van der Waals surface area contributed by atoms with Gasteiger partial charge in [0.2, 0.25) is 0 Å². The maximum absolute atomic E-state index is 11.7. The summed E-state index contributed by atoms with van der Waals surface area (Å²) in [5.74, 6) is -3.13. The number of ether oxygens (including phenoxy) is 2. The van der Waals surface area contributed by atoms with Gasteiger partial charge in [-0.3, -0.25) is 9.59 Å². The molecule has 0 unspecified atom stereocenters. The molecule has 0 aliphatic carbocycles. The summed E-state index contributed by atoms with van der Waals surface area (Å²) in [6.07, 6.45) is 0.998. The minimum absolute atomic E-state index is 0.0968. The van der Waals surface area contributed by atoms with Gasteiger partial charge in [0.25, 0.3) is 0 Å². The maximum atomic E-state index is 11.7. The summed E-state index contributed by atoms with van der Waals surface area (Å²) < 4.78 is 10.1. The fraction of sp³-hybridized carbons (Fsp3) is 0.667. The minimum Gasteiger partial charge on any atom is -0.481 e. The van der Waals surface area contributed by atoms with Gasteiger partial charge in [-0.05, 0) is 18.4 Å². The van der Waals surface area contributed by atoms with E-state index in [1.807, 2.05) is 13.8 Å². The number of hydrogen-bond acceptors (Lipinski definition) is 5. The highest BCUT2D eigenvalue weighted by Crippen LogP contribution is 2.19. The SMILES string of the molecule is CCCOCCOC(=O)CC(CCC)=C(CC(=O)O)C(=O)O. The number of carboxylic acids is 2. The van der Waals surface area contributed by atoms with Crippen LogP contribution < -0.4 is 0 Å². The largest absolute Gasteiger partial charge is 0.481 e. The van der Waals surface area contributed by atoms with Gasteiger partial charge in [-0.25, -0.2) is 4.79 Å². The van der Waals surface area contributed by atoms with E-state index in [9.17, 15) is 14.4 Å². The number of esters is 1. The molecule has 0 aromatic heterocycles. The number of carbonyl (C=O) groups excluding carboxylic acids is 1. The highest BCUT2D eigenvalue weighted by Gasteiger charge is 2.19. The van der Waals surface area contributed by atoms with Gasteiger partial charge in [-0.1, -0.05) is 20.3 Å². The molecule has 7 nitrogen and oxygen atoms in total. The number of rotatable bonds is 12. The van der Waals surface area contributed by atoms with E-state index >= 15 is 0 Å². The highest BCUT2D eigenvalue weighted by molar-refractivity contribution is 5.93. The Balaban J connectivity index is 4.68. The number of aliphatic carboxylic acids is 2. The van der Waals surface area contributed by atoms with E-state index < -0.39 is 24.3 Å². The van der Waals surface area contributed by atoms with Crippen LogP contribution >= 0.6 is 0 Å². The molecule has 0 saturated carbocycles. The van der Waals surface area contributed by atoms with Crippen molar-refractivity contribution in [2.45, 2.75) is 46.0 Å². The molecule has 22 heavy (non-hydrogen) atoms. The molecule has 0 spiro atoms. The fourth-order valence-corrected chi connectivity index (χ4v) is 1.84. The molecule has 7 heteroatoms. The monoisotopic (exact) mass is 316 g/mol. The molecule has 126 valence electrons. The zero-order valence-corrected chi connectivity index (χ0v) is 13.1. The average molecular weight is 316 g/mol. The number of carboxylic acid groups (broad SMARTS) is 2. The van der Waals surface area contributed by atoms with Crippen LogP contribution in [0.1, 0.15) is 46.0 Å². The summed E-state index contributed by atoms with van der Waals surface area (Å²) in [7, 11) is 0. The molecular formula is C15H24O7. The normalized spacial score (nSPS) is 11.7. The third kappa shape index (κ3) is 9.12. The molecule has 2 N–H and O–H groups in total. The second-order valence-corrected chi connectivity index (χ2v) is 4.72. The predicted molar refractivity (Wildman–Crippen MR) is 78.5 cm³/mol. The molecule has 0 aromatic carbocycles. The van der Waals surface area contributed by atoms with Crippen molar-refractivity contribution in [3.8, 4) is 0 Å². The van der Waals surface area contributed by atoms with Crippen molar-refractivity contribution in [2.24, 2.45) is 0 Å². The molecule has 0 atom stereocenters. The van der Waals surface area contributed by atoms with Crippen LogP contribution in [0.15, 0.2) is 11.1 Å². The fourth-order valence-electron chi connectivity index (χ4n) is 1.84. The van der Waals surface area contributed by atoms with Crippen LogP contribution in [0.4, 0.5) is 0 Å². The Hall–Kier alpha value is -1.89. The van der Waals surface area contributed by atoms with Crippen molar-refractivity contribution in [2.75, 3.05) is 19.8 Å². The van der Waals surface area contributed by atoms with Crippen molar-refractivity contribution in [1.82, 2.24) is 0 Å². The van der Waals surface area contributed by atoms with E-state index in [-0.39, 0.29) is 25.2 Å². The summed E-state index contributed by atoms with van der Waals surface area (Å²) in [6, 6.07) is 0. The van der Waals surface area contributed by atoms with Gasteiger partial charge in [0.1, 0.15) is 6.61 Å². The lowest BCUT2D eigenvalue weighted by atomic mass is 9.98. The predicted octanol–water partition coefficient (Wildman–Crippen LogP) is 2.00. The Kier molecular flexibility index (Phi) is 10.7. The maximum Gasteiger partial charge on any atom is 0.332 e. The van der Waals surface area contributed by atoms with Gasteiger partial charge < -0.3 is 19.7 Å². The summed E-state index contributed by atoms with van der Waals surface area (Å²) in [4.78, 5) is 33.6. The summed E-state index contributed by atoms with van der Waals surface area (Å²) in [6.45, 7) is 4.75. The number of hydrogen-bond donors (Lipinski definition) is 2. The van der Waals surface area contributed by atoms with Gasteiger partial charge in [-0.2, -0.15) is 0 Å². The summed E-state index contributed by atoms with van der Waals surface area (Å²) in [5.41, 5.74) is 0.0606. The molecule has 0 aliphatic heterocycles. The third-order valence-electron chi connectivity index (χ3n) is 2.76. The Labute approximate surface area is 129 Å². The molecule has 0 aromatic rings. The standard InChI is InChI=1S/C15H24O7/c1-3-5-11(12(15(19)20)10-13(16)17)9-14(18)22-8-7-21-6-4-2/h3-10H2,1-2H3,(H,16,17)(H,19,20). The molecule has 0 radical (unpaired) electrons. The molecule has 0 fully saturated rings. The van der Waals surface area contributed by atoms with Crippen molar-refractivity contribution < 1.29 is 34.1 Å². The summed E-state index contributed by atoms with van der Waals surface area (Å²) in [5, 5.41) is 17.9. The summed E-state index contributed by atoms with van der Waals surface area (Å²) >= 11 is 0. The molecule has 0 saturated heterocycles. The van der Waals surface area contributed by atoms with Gasteiger partial charge in [0, 0.05) is 12.2 Å². The zero-order chi connectivity index (χ0) is 17.0. The van der Waals surface area contributed by atoms with E-state index in [0.29, 0.717) is 25.0 Å². The Morgan fingerprint density at radius 3 is 2.09 bits per heavy atom. The molecular weight excluding hydrogens is 292 g/mol. The first-order chi connectivity index (χ1) is 10.4. The molecule has 0 amide bonds. The first-order valence-electron chi connectivity index (χ1n) is 7.31. The Morgan fingerprint density at radius 1 is 0.909 bits per heavy atom. The van der Waals surface area contributed by atoms with Crippen LogP contribution in [0, 0.1) is 0 Å². The van der Waals surface area contributed by atoms with Gasteiger partial charge in [0.05, 0.1) is 19.4 Å². The second-order valence-electron chi connectivity index (χ2n) is 4.72. The van der Waals surface area contributed by atoms with Crippen LogP contribution in [0.5, 0.6) is 0 Å². The van der Waals surface area contributed by atoms with Gasteiger partial charge in [0.15, 0.2) is 0 Å². The quantitative estimate of drug-likeness (QED) is 0.322. The topological polar surface area (TPSA) is 110 Å². The third-order valence-corrected chi connectivity index (χ3v) is 2.76. The van der Waals surface area contributed by atoms with E-state index in [1.54, 1.807) is 0 Å². The minimum atomic E-state index is -1.31. The highest BCUT2D eigenvalue weighted by atomic mass is 16.6. The van der Waals surface area contributed by atoms with Crippen LogP contribution in [-0.4, -0.2) is 47.9 Å². The van der Waals surface area contributed by atoms with Crippen LogP contribution in [-0.2, 0) is 23.9 Å². The molecule has 0 heterocycles. The smallest absolute Gasteiger partial charge is 0.332 e. The van der Waals surface area contributed by atoms with E-state index in [0.717, 1.165) is 6.42 Å². The molecule has 0 rings (SSSR count).